The third kappa shape index (κ3) is 5.25. The van der Waals surface area contributed by atoms with Crippen LogP contribution in [0.25, 0.3) is 16.6 Å². The molecular formula is C28H21Cl2N5O5S. The Kier molecular flexibility index (Phi) is 7.48. The van der Waals surface area contributed by atoms with Crippen LogP contribution in [0.4, 0.5) is 0 Å². The van der Waals surface area contributed by atoms with Gasteiger partial charge in [0.05, 0.1) is 26.1 Å². The molecule has 0 atom stereocenters. The molecule has 2 aromatic heterocycles. The van der Waals surface area contributed by atoms with Gasteiger partial charge in [0.1, 0.15) is 11.8 Å². The molecule has 5 rings (SSSR count). The van der Waals surface area contributed by atoms with Gasteiger partial charge in [0, 0.05) is 11.6 Å². The van der Waals surface area contributed by atoms with Crippen LogP contribution >= 0.6 is 23.2 Å². The molecule has 5 aromatic rings. The molecule has 0 spiro atoms. The van der Waals surface area contributed by atoms with Crippen LogP contribution in [0.3, 0.4) is 0 Å². The third-order valence-corrected chi connectivity index (χ3v) is 8.55. The van der Waals surface area contributed by atoms with Crippen LogP contribution in [0.5, 0.6) is 11.5 Å². The average Bonchev–Trinajstić information content (AvgIpc) is 3.29. The summed E-state index contributed by atoms with van der Waals surface area (Å²) in [5.41, 5.74) is 0.0692. The molecule has 0 aliphatic rings. The Balaban J connectivity index is 1.55. The molecule has 1 N–H and O–H groups in total. The number of H-pyrrole nitrogens is 1. The van der Waals surface area contributed by atoms with Gasteiger partial charge in [0.15, 0.2) is 5.75 Å². The number of ether oxygens (including phenoxy) is 1. The van der Waals surface area contributed by atoms with Gasteiger partial charge in [-0.3, -0.25) is 9.78 Å². The number of rotatable bonds is 7. The molecule has 2 heterocycles. The molecule has 0 radical (unpaired) electrons. The van der Waals surface area contributed by atoms with Gasteiger partial charge in [-0.05, 0) is 61.4 Å². The summed E-state index contributed by atoms with van der Waals surface area (Å²) in [6.07, 6.45) is 3.06. The molecule has 0 aliphatic carbocycles. The lowest BCUT2D eigenvalue weighted by atomic mass is 10.1. The Morgan fingerprint density at radius 1 is 1.05 bits per heavy atom. The first-order chi connectivity index (χ1) is 19.5. The van der Waals surface area contributed by atoms with Crippen molar-refractivity contribution in [1.82, 2.24) is 18.7 Å². The Labute approximate surface area is 244 Å². The molecule has 0 fully saturated rings. The van der Waals surface area contributed by atoms with E-state index in [0.717, 1.165) is 22.2 Å². The van der Waals surface area contributed by atoms with E-state index in [1.54, 1.807) is 54.7 Å². The largest absolute Gasteiger partial charge is 0.454 e. The van der Waals surface area contributed by atoms with E-state index in [1.807, 2.05) is 18.8 Å². The summed E-state index contributed by atoms with van der Waals surface area (Å²) in [5.74, 6) is 0.432. The van der Waals surface area contributed by atoms with Gasteiger partial charge in [-0.15, -0.1) is 5.10 Å². The number of benzene rings is 3. The molecule has 0 unspecified atom stereocenters. The number of aromatic amines is 1. The fourth-order valence-electron chi connectivity index (χ4n) is 4.33. The zero-order valence-corrected chi connectivity index (χ0v) is 24.0. The average molecular weight is 610 g/mol. The summed E-state index contributed by atoms with van der Waals surface area (Å²) in [7, 11) is -3.85. The van der Waals surface area contributed by atoms with Gasteiger partial charge in [0.2, 0.25) is 5.69 Å². The predicted molar refractivity (Wildman–Crippen MR) is 155 cm³/mol. The lowest BCUT2D eigenvalue weighted by Crippen LogP contribution is -2.33. The van der Waals surface area contributed by atoms with E-state index in [-0.39, 0.29) is 26.4 Å². The van der Waals surface area contributed by atoms with E-state index in [4.69, 9.17) is 33.2 Å². The first kappa shape index (κ1) is 28.2. The van der Waals surface area contributed by atoms with Gasteiger partial charge in [-0.25, -0.2) is 17.2 Å². The number of aromatic nitrogens is 4. The fourth-order valence-corrected chi connectivity index (χ4v) is 6.28. The van der Waals surface area contributed by atoms with E-state index in [2.05, 4.69) is 5.10 Å². The van der Waals surface area contributed by atoms with Crippen LogP contribution in [0.1, 0.15) is 30.2 Å². The number of nitrogens with one attached hydrogen (secondary N) is 1. The summed E-state index contributed by atoms with van der Waals surface area (Å²) in [6.45, 7) is 3.89. The highest BCUT2D eigenvalue weighted by Crippen LogP contribution is 2.39. The molecular weight excluding hydrogens is 589 g/mol. The molecule has 10 nitrogen and oxygen atoms in total. The Morgan fingerprint density at radius 3 is 2.37 bits per heavy atom. The minimum atomic E-state index is -3.85. The smallest absolute Gasteiger partial charge is 0.349 e. The zero-order valence-electron chi connectivity index (χ0n) is 21.7. The molecule has 0 saturated carbocycles. The number of nitrogens with zero attached hydrogens (tertiary/aromatic N) is 4. The van der Waals surface area contributed by atoms with Crippen LogP contribution in [0, 0.1) is 18.3 Å². The first-order valence-corrected chi connectivity index (χ1v) is 14.5. The van der Waals surface area contributed by atoms with Crippen LogP contribution in [-0.4, -0.2) is 27.2 Å². The quantitative estimate of drug-likeness (QED) is 0.262. The van der Waals surface area contributed by atoms with Gasteiger partial charge in [-0.1, -0.05) is 54.2 Å². The van der Waals surface area contributed by atoms with Crippen LogP contribution in [0.15, 0.2) is 75.3 Å². The topological polar surface area (TPSA) is 140 Å². The van der Waals surface area contributed by atoms with E-state index < -0.39 is 27.0 Å². The molecule has 3 aromatic carbocycles. The van der Waals surface area contributed by atoms with E-state index in [9.17, 15) is 18.0 Å². The molecule has 0 saturated heterocycles. The van der Waals surface area contributed by atoms with Crippen molar-refractivity contribution in [3.63, 3.8) is 0 Å². The van der Waals surface area contributed by atoms with Crippen molar-refractivity contribution in [1.29, 1.82) is 5.26 Å². The van der Waals surface area contributed by atoms with Crippen molar-refractivity contribution in [2.24, 2.45) is 0 Å². The van der Waals surface area contributed by atoms with Crippen molar-refractivity contribution in [3.05, 3.63) is 108 Å². The van der Waals surface area contributed by atoms with Crippen molar-refractivity contribution in [2.45, 2.75) is 31.6 Å². The Morgan fingerprint density at radius 2 is 1.73 bits per heavy atom. The number of hydrogen-bond donors (Lipinski definition) is 1. The highest BCUT2D eigenvalue weighted by molar-refractivity contribution is 7.90. The number of nitriles is 1. The van der Waals surface area contributed by atoms with Crippen molar-refractivity contribution >= 4 is 44.1 Å². The number of aryl methyl sites for hydroxylation is 2. The maximum absolute atomic E-state index is 13.5. The highest BCUT2D eigenvalue weighted by atomic mass is 35.5. The SMILES string of the molecule is CCCc1cn(S(=O)(=O)c2ccc(C)cc2)c2ccc(Oc3c(Cl)cc(-n4nc(C#N)c(=O)[nH]c4=O)cc3Cl)cc12. The molecule has 0 aliphatic heterocycles. The fraction of sp³-hybridized carbons (Fsp3) is 0.143. The van der Waals surface area contributed by atoms with Crippen LogP contribution in [-0.2, 0) is 16.4 Å². The molecule has 208 valence electrons. The van der Waals surface area contributed by atoms with Gasteiger partial charge >= 0.3 is 5.69 Å². The van der Waals surface area contributed by atoms with E-state index in [1.165, 1.54) is 16.1 Å². The second-order valence-corrected chi connectivity index (χ2v) is 11.8. The lowest BCUT2D eigenvalue weighted by molar-refractivity contribution is 0.483. The minimum absolute atomic E-state index is 0.0271. The second kappa shape index (κ2) is 10.9. The van der Waals surface area contributed by atoms with Gasteiger partial charge in [0.25, 0.3) is 15.6 Å². The number of fused-ring (bicyclic) bond motifs is 1. The van der Waals surface area contributed by atoms with Crippen molar-refractivity contribution in [2.75, 3.05) is 0 Å². The molecule has 0 amide bonds. The van der Waals surface area contributed by atoms with Gasteiger partial charge < -0.3 is 4.74 Å². The zero-order chi connectivity index (χ0) is 29.5. The number of halogens is 2. The first-order valence-electron chi connectivity index (χ1n) is 12.3. The normalized spacial score (nSPS) is 11.5. The summed E-state index contributed by atoms with van der Waals surface area (Å²) in [5, 5.41) is 13.6. The van der Waals surface area contributed by atoms with Crippen molar-refractivity contribution in [3.8, 4) is 23.3 Å². The number of hydrogen-bond acceptors (Lipinski definition) is 7. The molecule has 13 heteroatoms. The Hall–Kier alpha value is -4.37. The van der Waals surface area contributed by atoms with E-state index in [0.29, 0.717) is 23.1 Å². The van der Waals surface area contributed by atoms with Crippen molar-refractivity contribution < 1.29 is 13.2 Å². The third-order valence-electron chi connectivity index (χ3n) is 6.30. The van der Waals surface area contributed by atoms with Gasteiger partial charge in [-0.2, -0.15) is 9.94 Å². The maximum atomic E-state index is 13.5. The maximum Gasteiger partial charge on any atom is 0.349 e. The highest BCUT2D eigenvalue weighted by Gasteiger charge is 2.22. The molecule has 41 heavy (non-hydrogen) atoms. The second-order valence-electron chi connectivity index (χ2n) is 9.17. The van der Waals surface area contributed by atoms with Crippen LogP contribution in [0.2, 0.25) is 10.0 Å². The Bertz CT molecular complexity index is 2070. The summed E-state index contributed by atoms with van der Waals surface area (Å²) in [6, 6.07) is 16.0. The van der Waals surface area contributed by atoms with Crippen LogP contribution < -0.4 is 16.0 Å². The monoisotopic (exact) mass is 609 g/mol. The predicted octanol–water partition coefficient (Wildman–Crippen LogP) is 5.34. The minimum Gasteiger partial charge on any atom is -0.454 e. The lowest BCUT2D eigenvalue weighted by Gasteiger charge is -2.13. The summed E-state index contributed by atoms with van der Waals surface area (Å²) in [4.78, 5) is 26.1. The standard InChI is InChI=1S/C28H21Cl2N5O5S/c1-3-4-17-15-34(41(38,39)20-8-5-16(2)6-9-20)25-10-7-19(13-21(17)25)40-26-22(29)11-18(12-23(26)30)35-28(37)32-27(36)24(14-31)33-35/h5-13,15H,3-4H2,1-2H3,(H,32,36,37). The van der Waals surface area contributed by atoms with E-state index >= 15 is 0 Å². The summed E-state index contributed by atoms with van der Waals surface area (Å²) < 4.78 is 35.1. The summed E-state index contributed by atoms with van der Waals surface area (Å²) >= 11 is 12.9. The molecule has 0 bridgehead atoms.